The minimum absolute atomic E-state index is 0.720. The second-order valence-electron chi connectivity index (χ2n) is 7.19. The molecule has 0 radical (unpaired) electrons. The van der Waals surface area contributed by atoms with Gasteiger partial charge in [-0.1, -0.05) is 41.9 Å². The molecule has 0 unspecified atom stereocenters. The van der Waals surface area contributed by atoms with Crippen molar-refractivity contribution >= 4 is 23.8 Å². The average molecular weight is 414 g/mol. The van der Waals surface area contributed by atoms with E-state index in [9.17, 15) is 0 Å². The molecule has 1 aliphatic heterocycles. The lowest BCUT2D eigenvalue weighted by Gasteiger charge is -2.34. The van der Waals surface area contributed by atoms with Crippen LogP contribution in [0.15, 0.2) is 54.6 Å². The summed E-state index contributed by atoms with van der Waals surface area (Å²) in [6.07, 6.45) is 0. The molecule has 0 aliphatic carbocycles. The molecule has 1 fully saturated rings. The average Bonchev–Trinajstić information content (AvgIpc) is 2.99. The van der Waals surface area contributed by atoms with Crippen LogP contribution in [0.1, 0.15) is 5.56 Å². The molecule has 2 heterocycles. The first-order chi connectivity index (χ1) is 13.6. The van der Waals surface area contributed by atoms with Crippen molar-refractivity contribution in [2.24, 2.45) is 7.05 Å². The number of hydrogen-bond acceptors (Lipinski definition) is 4. The molecular weight excluding hydrogens is 390 g/mol. The lowest BCUT2D eigenvalue weighted by Crippen LogP contribution is -2.46. The predicted molar refractivity (Wildman–Crippen MR) is 116 cm³/mol. The number of piperazine rings is 1. The summed E-state index contributed by atoms with van der Waals surface area (Å²) < 4.78 is 4.62. The Hall–Kier alpha value is -1.99. The van der Waals surface area contributed by atoms with Gasteiger partial charge in [-0.05, 0) is 42.0 Å². The Kier molecular flexibility index (Phi) is 5.92. The van der Waals surface area contributed by atoms with Crippen molar-refractivity contribution in [1.82, 2.24) is 24.1 Å². The highest BCUT2D eigenvalue weighted by atomic mass is 35.5. The molecule has 0 atom stereocenters. The van der Waals surface area contributed by atoms with Crippen LogP contribution in [0.3, 0.4) is 0 Å². The van der Waals surface area contributed by atoms with Gasteiger partial charge in [-0.25, -0.2) is 4.68 Å². The van der Waals surface area contributed by atoms with Crippen molar-refractivity contribution in [2.45, 2.75) is 13.2 Å². The van der Waals surface area contributed by atoms with Crippen molar-refractivity contribution < 1.29 is 0 Å². The highest BCUT2D eigenvalue weighted by Gasteiger charge is 2.19. The van der Waals surface area contributed by atoms with E-state index < -0.39 is 0 Å². The Bertz CT molecular complexity index is 972. The first-order valence-corrected chi connectivity index (χ1v) is 10.3. The molecule has 7 heteroatoms. The molecule has 1 aromatic heterocycles. The first kappa shape index (κ1) is 19.3. The molecule has 4 rings (SSSR count). The molecule has 3 aromatic rings. The Morgan fingerprint density at radius 2 is 1.57 bits per heavy atom. The van der Waals surface area contributed by atoms with E-state index in [4.69, 9.17) is 28.9 Å². The molecule has 5 nitrogen and oxygen atoms in total. The number of aromatic nitrogens is 3. The van der Waals surface area contributed by atoms with Gasteiger partial charge < -0.3 is 4.57 Å². The normalized spacial score (nSPS) is 15.8. The maximum absolute atomic E-state index is 6.00. The summed E-state index contributed by atoms with van der Waals surface area (Å²) in [5, 5.41) is 5.49. The summed E-state index contributed by atoms with van der Waals surface area (Å²) in [6.45, 7) is 5.87. The van der Waals surface area contributed by atoms with E-state index in [-0.39, 0.29) is 0 Å². The van der Waals surface area contributed by atoms with Gasteiger partial charge >= 0.3 is 0 Å². The summed E-state index contributed by atoms with van der Waals surface area (Å²) >= 11 is 11.6. The molecule has 0 spiro atoms. The van der Waals surface area contributed by atoms with Crippen LogP contribution in [0.2, 0.25) is 5.02 Å². The molecular formula is C21H24ClN5S. The number of nitrogens with zero attached hydrogens (tertiary/aromatic N) is 5. The van der Waals surface area contributed by atoms with E-state index >= 15 is 0 Å². The monoisotopic (exact) mass is 413 g/mol. The molecule has 1 saturated heterocycles. The fourth-order valence-corrected chi connectivity index (χ4v) is 3.86. The van der Waals surface area contributed by atoms with Crippen molar-refractivity contribution in [3.8, 4) is 11.4 Å². The Morgan fingerprint density at radius 1 is 0.929 bits per heavy atom. The summed E-state index contributed by atoms with van der Waals surface area (Å²) in [4.78, 5) is 4.92. The number of rotatable bonds is 5. The van der Waals surface area contributed by atoms with Crippen molar-refractivity contribution in [3.63, 3.8) is 0 Å². The van der Waals surface area contributed by atoms with Crippen molar-refractivity contribution in [3.05, 3.63) is 70.0 Å². The minimum atomic E-state index is 0.720. The van der Waals surface area contributed by atoms with Crippen LogP contribution >= 0.6 is 23.8 Å². The van der Waals surface area contributed by atoms with Gasteiger partial charge in [0, 0.05) is 50.4 Å². The van der Waals surface area contributed by atoms with Crippen LogP contribution in [0, 0.1) is 4.77 Å². The summed E-state index contributed by atoms with van der Waals surface area (Å²) in [7, 11) is 1.97. The van der Waals surface area contributed by atoms with Gasteiger partial charge in [0.25, 0.3) is 0 Å². The zero-order valence-corrected chi connectivity index (χ0v) is 17.5. The fraction of sp³-hybridized carbons (Fsp3) is 0.333. The highest BCUT2D eigenvalue weighted by molar-refractivity contribution is 7.71. The van der Waals surface area contributed by atoms with Gasteiger partial charge in [0.05, 0.1) is 6.67 Å². The molecule has 0 amide bonds. The van der Waals surface area contributed by atoms with E-state index in [0.29, 0.717) is 0 Å². The maximum Gasteiger partial charge on any atom is 0.199 e. The van der Waals surface area contributed by atoms with Crippen LogP contribution in [-0.4, -0.2) is 50.3 Å². The van der Waals surface area contributed by atoms with E-state index in [0.717, 1.165) is 60.6 Å². The minimum Gasteiger partial charge on any atom is -0.303 e. The number of benzene rings is 2. The second-order valence-corrected chi connectivity index (χ2v) is 7.99. The molecule has 0 bridgehead atoms. The molecule has 2 aromatic carbocycles. The van der Waals surface area contributed by atoms with Crippen LogP contribution in [0.25, 0.3) is 11.4 Å². The van der Waals surface area contributed by atoms with Crippen LogP contribution in [-0.2, 0) is 20.3 Å². The largest absolute Gasteiger partial charge is 0.303 e. The predicted octanol–water partition coefficient (Wildman–Crippen LogP) is 4.05. The van der Waals surface area contributed by atoms with Gasteiger partial charge in [0.1, 0.15) is 0 Å². The lowest BCUT2D eigenvalue weighted by molar-refractivity contribution is 0.0981. The molecule has 0 saturated carbocycles. The van der Waals surface area contributed by atoms with Crippen LogP contribution in [0.4, 0.5) is 0 Å². The zero-order valence-electron chi connectivity index (χ0n) is 16.0. The zero-order chi connectivity index (χ0) is 19.5. The van der Waals surface area contributed by atoms with E-state index in [1.807, 2.05) is 40.6 Å². The molecule has 146 valence electrons. The standard InChI is InChI=1S/C21H24ClN5S/c1-24-20(18-7-9-19(22)10-8-18)23-27(21(24)28)16-26-13-11-25(12-14-26)15-17-5-3-2-4-6-17/h2-10H,11-16H2,1H3. The van der Waals surface area contributed by atoms with E-state index in [1.54, 1.807) is 0 Å². The van der Waals surface area contributed by atoms with Gasteiger partial charge in [-0.15, -0.1) is 0 Å². The molecule has 0 N–H and O–H groups in total. The smallest absolute Gasteiger partial charge is 0.199 e. The summed E-state index contributed by atoms with van der Waals surface area (Å²) in [5.74, 6) is 0.865. The van der Waals surface area contributed by atoms with Crippen LogP contribution in [0.5, 0.6) is 0 Å². The SMILES string of the molecule is Cn1c(-c2ccc(Cl)cc2)nn(CN2CCN(Cc3ccccc3)CC2)c1=S. The Balaban J connectivity index is 1.39. The highest BCUT2D eigenvalue weighted by Crippen LogP contribution is 2.20. The summed E-state index contributed by atoms with van der Waals surface area (Å²) in [5.41, 5.74) is 2.39. The first-order valence-electron chi connectivity index (χ1n) is 9.48. The van der Waals surface area contributed by atoms with E-state index in [1.165, 1.54) is 5.56 Å². The number of hydrogen-bond donors (Lipinski definition) is 0. The topological polar surface area (TPSA) is 29.2 Å². The third-order valence-corrected chi connectivity index (χ3v) is 5.93. The number of halogens is 1. The summed E-state index contributed by atoms with van der Waals surface area (Å²) in [6, 6.07) is 18.4. The van der Waals surface area contributed by atoms with Gasteiger partial charge in [0.15, 0.2) is 10.6 Å². The molecule has 1 aliphatic rings. The van der Waals surface area contributed by atoms with Crippen LogP contribution < -0.4 is 0 Å². The van der Waals surface area contributed by atoms with Crippen molar-refractivity contribution in [2.75, 3.05) is 26.2 Å². The van der Waals surface area contributed by atoms with Gasteiger partial charge in [-0.2, -0.15) is 5.10 Å². The van der Waals surface area contributed by atoms with E-state index in [2.05, 4.69) is 40.1 Å². The second kappa shape index (κ2) is 8.57. The lowest BCUT2D eigenvalue weighted by atomic mass is 10.2. The Morgan fingerprint density at radius 3 is 2.25 bits per heavy atom. The van der Waals surface area contributed by atoms with Gasteiger partial charge in [-0.3, -0.25) is 9.80 Å². The van der Waals surface area contributed by atoms with Crippen molar-refractivity contribution in [1.29, 1.82) is 0 Å². The third kappa shape index (κ3) is 4.36. The molecule has 28 heavy (non-hydrogen) atoms. The fourth-order valence-electron chi connectivity index (χ4n) is 3.55. The third-order valence-electron chi connectivity index (χ3n) is 5.19. The quantitative estimate of drug-likeness (QED) is 0.590. The maximum atomic E-state index is 6.00. The van der Waals surface area contributed by atoms with Gasteiger partial charge in [0.2, 0.25) is 0 Å². The Labute approximate surface area is 175 Å².